The van der Waals surface area contributed by atoms with E-state index in [0.29, 0.717) is 11.8 Å². The summed E-state index contributed by atoms with van der Waals surface area (Å²) in [7, 11) is 2.16. The third-order valence-electron chi connectivity index (χ3n) is 6.59. The predicted octanol–water partition coefficient (Wildman–Crippen LogP) is 5.05. The van der Waals surface area contributed by atoms with Crippen LogP contribution in [0.1, 0.15) is 47.8 Å². The lowest BCUT2D eigenvalue weighted by Crippen LogP contribution is -2.24. The quantitative estimate of drug-likeness (QED) is 0.679. The molecule has 0 aliphatic heterocycles. The topological polar surface area (TPSA) is 34.0 Å². The molecule has 1 aliphatic carbocycles. The number of amides is 1. The van der Waals surface area contributed by atoms with Gasteiger partial charge in [0, 0.05) is 35.8 Å². The number of nitrogens with one attached hydrogen (secondary N) is 1. The number of hydrogen-bond acceptors (Lipinski definition) is 1. The Hall–Kier alpha value is -2.55. The van der Waals surface area contributed by atoms with Gasteiger partial charge in [-0.15, -0.1) is 0 Å². The van der Waals surface area contributed by atoms with Crippen LogP contribution in [0.2, 0.25) is 0 Å². The Morgan fingerprint density at radius 2 is 1.74 bits per heavy atom. The van der Waals surface area contributed by atoms with Crippen LogP contribution in [0.15, 0.2) is 54.6 Å². The Bertz CT molecular complexity index is 984. The summed E-state index contributed by atoms with van der Waals surface area (Å²) in [5.41, 5.74) is 5.17. The lowest BCUT2D eigenvalue weighted by Gasteiger charge is -2.06. The van der Waals surface area contributed by atoms with Gasteiger partial charge in [0.05, 0.1) is 0 Å². The fraction of sp³-hybridized carbons (Fsp3) is 0.375. The van der Waals surface area contributed by atoms with Crippen LogP contribution in [-0.4, -0.2) is 17.0 Å². The van der Waals surface area contributed by atoms with Crippen LogP contribution in [0.5, 0.6) is 0 Å². The average molecular weight is 361 g/mol. The zero-order valence-electron chi connectivity index (χ0n) is 16.6. The van der Waals surface area contributed by atoms with Crippen LogP contribution >= 0.6 is 0 Å². The minimum atomic E-state index is 0.0203. The SMILES string of the molecule is Cc1c([C@@H]2[C@H](CCNC(=O)c3ccccc3)C2(C)C)c2ccccc2n1C. The van der Waals surface area contributed by atoms with Crippen molar-refractivity contribution < 1.29 is 4.79 Å². The Morgan fingerprint density at radius 3 is 2.48 bits per heavy atom. The molecule has 4 rings (SSSR count). The summed E-state index contributed by atoms with van der Waals surface area (Å²) in [6.07, 6.45) is 1.01. The molecule has 27 heavy (non-hydrogen) atoms. The van der Waals surface area contributed by atoms with Crippen LogP contribution < -0.4 is 5.32 Å². The van der Waals surface area contributed by atoms with Gasteiger partial charge in [0.2, 0.25) is 0 Å². The van der Waals surface area contributed by atoms with Gasteiger partial charge in [-0.25, -0.2) is 0 Å². The van der Waals surface area contributed by atoms with Crippen molar-refractivity contribution in [2.75, 3.05) is 6.54 Å². The molecule has 0 radical (unpaired) electrons. The number of aryl methyl sites for hydroxylation is 1. The fourth-order valence-corrected chi connectivity index (χ4v) is 4.83. The largest absolute Gasteiger partial charge is 0.352 e. The molecule has 2 aromatic carbocycles. The van der Waals surface area contributed by atoms with E-state index in [1.54, 1.807) is 0 Å². The molecule has 3 aromatic rings. The average Bonchev–Trinajstić information content (AvgIpc) is 3.11. The first-order valence-corrected chi connectivity index (χ1v) is 9.80. The molecule has 1 N–H and O–H groups in total. The van der Waals surface area contributed by atoms with Crippen LogP contribution in [0.4, 0.5) is 0 Å². The minimum Gasteiger partial charge on any atom is -0.352 e. The zero-order valence-corrected chi connectivity index (χ0v) is 16.6. The number of benzene rings is 2. The molecule has 3 heteroatoms. The number of carbonyl (C=O) groups excluding carboxylic acids is 1. The van der Waals surface area contributed by atoms with Gasteiger partial charge in [0.25, 0.3) is 5.91 Å². The second-order valence-electron chi connectivity index (χ2n) is 8.39. The number of aromatic nitrogens is 1. The van der Waals surface area contributed by atoms with Crippen LogP contribution in [0.3, 0.4) is 0 Å². The molecule has 3 nitrogen and oxygen atoms in total. The van der Waals surface area contributed by atoms with Crippen molar-refractivity contribution >= 4 is 16.8 Å². The molecule has 140 valence electrons. The van der Waals surface area contributed by atoms with Gasteiger partial charge in [-0.2, -0.15) is 0 Å². The summed E-state index contributed by atoms with van der Waals surface area (Å²) in [4.78, 5) is 12.3. The standard InChI is InChI=1S/C24H28N2O/c1-16-21(18-12-8-9-13-20(18)26(16)4)22-19(24(22,2)3)14-15-25-23(27)17-10-6-5-7-11-17/h5-13,19,22H,14-15H2,1-4H3,(H,25,27)/t19-,22-/m0/s1. The molecule has 0 unspecified atom stereocenters. The lowest BCUT2D eigenvalue weighted by molar-refractivity contribution is 0.0952. The number of rotatable bonds is 5. The van der Waals surface area contributed by atoms with Crippen LogP contribution in [0.25, 0.3) is 10.9 Å². The normalized spacial score (nSPS) is 20.6. The Balaban J connectivity index is 1.49. The summed E-state index contributed by atoms with van der Waals surface area (Å²) >= 11 is 0. The Labute approximate surface area is 161 Å². The molecular weight excluding hydrogens is 332 g/mol. The maximum absolute atomic E-state index is 12.3. The van der Waals surface area contributed by atoms with E-state index in [4.69, 9.17) is 0 Å². The van der Waals surface area contributed by atoms with Gasteiger partial charge in [-0.05, 0) is 54.4 Å². The maximum atomic E-state index is 12.3. The molecule has 2 atom stereocenters. The van der Waals surface area contributed by atoms with Gasteiger partial charge in [0.1, 0.15) is 0 Å². The molecule has 1 aromatic heterocycles. The maximum Gasteiger partial charge on any atom is 0.251 e. The summed E-state index contributed by atoms with van der Waals surface area (Å²) in [5, 5.41) is 4.47. The predicted molar refractivity (Wildman–Crippen MR) is 111 cm³/mol. The van der Waals surface area contributed by atoms with Crippen molar-refractivity contribution in [2.45, 2.75) is 33.1 Å². The number of nitrogens with zero attached hydrogens (tertiary/aromatic N) is 1. The van der Waals surface area contributed by atoms with Crippen molar-refractivity contribution in [1.29, 1.82) is 0 Å². The van der Waals surface area contributed by atoms with Gasteiger partial charge < -0.3 is 9.88 Å². The smallest absolute Gasteiger partial charge is 0.251 e. The van der Waals surface area contributed by atoms with Crippen molar-refractivity contribution in [3.05, 3.63) is 71.4 Å². The summed E-state index contributed by atoms with van der Waals surface area (Å²) in [6, 6.07) is 18.2. The molecular formula is C24H28N2O. The highest BCUT2D eigenvalue weighted by atomic mass is 16.1. The van der Waals surface area contributed by atoms with Crippen LogP contribution in [-0.2, 0) is 7.05 Å². The molecule has 1 heterocycles. The first-order chi connectivity index (χ1) is 12.9. The molecule has 1 aliphatic rings. The minimum absolute atomic E-state index is 0.0203. The molecule has 0 spiro atoms. The molecule has 0 bridgehead atoms. The van der Waals surface area contributed by atoms with E-state index in [1.165, 1.54) is 22.2 Å². The highest BCUT2D eigenvalue weighted by molar-refractivity contribution is 5.94. The zero-order chi connectivity index (χ0) is 19.2. The third kappa shape index (κ3) is 2.95. The van der Waals surface area contributed by atoms with Crippen molar-refractivity contribution in [3.63, 3.8) is 0 Å². The Kier molecular flexibility index (Phi) is 4.33. The lowest BCUT2D eigenvalue weighted by atomic mass is 10.0. The van der Waals surface area contributed by atoms with E-state index >= 15 is 0 Å². The number of para-hydroxylation sites is 1. The van der Waals surface area contributed by atoms with Gasteiger partial charge >= 0.3 is 0 Å². The van der Waals surface area contributed by atoms with Gasteiger partial charge in [0.15, 0.2) is 0 Å². The molecule has 1 fully saturated rings. The number of hydrogen-bond donors (Lipinski definition) is 1. The second-order valence-corrected chi connectivity index (χ2v) is 8.39. The van der Waals surface area contributed by atoms with E-state index < -0.39 is 0 Å². The monoisotopic (exact) mass is 360 g/mol. The van der Waals surface area contributed by atoms with Crippen molar-refractivity contribution in [3.8, 4) is 0 Å². The van der Waals surface area contributed by atoms with E-state index in [9.17, 15) is 4.79 Å². The Morgan fingerprint density at radius 1 is 1.07 bits per heavy atom. The van der Waals surface area contributed by atoms with Crippen molar-refractivity contribution in [2.24, 2.45) is 18.4 Å². The first kappa shape index (κ1) is 17.8. The summed E-state index contributed by atoms with van der Waals surface area (Å²) in [5.74, 6) is 1.17. The van der Waals surface area contributed by atoms with Gasteiger partial charge in [-0.3, -0.25) is 4.79 Å². The van der Waals surface area contributed by atoms with E-state index in [0.717, 1.165) is 18.5 Å². The fourth-order valence-electron chi connectivity index (χ4n) is 4.83. The van der Waals surface area contributed by atoms with E-state index in [-0.39, 0.29) is 11.3 Å². The third-order valence-corrected chi connectivity index (χ3v) is 6.59. The molecule has 0 saturated heterocycles. The van der Waals surface area contributed by atoms with Crippen LogP contribution in [0, 0.1) is 18.3 Å². The highest BCUT2D eigenvalue weighted by Crippen LogP contribution is 2.67. The van der Waals surface area contributed by atoms with Gasteiger partial charge in [-0.1, -0.05) is 50.2 Å². The number of fused-ring (bicyclic) bond motifs is 1. The molecule has 1 saturated carbocycles. The first-order valence-electron chi connectivity index (χ1n) is 9.80. The number of carbonyl (C=O) groups is 1. The second kappa shape index (κ2) is 6.56. The summed E-state index contributed by atoms with van der Waals surface area (Å²) in [6.45, 7) is 7.69. The van der Waals surface area contributed by atoms with E-state index in [2.05, 4.69) is 62.0 Å². The van der Waals surface area contributed by atoms with E-state index in [1.807, 2.05) is 30.3 Å². The molecule has 1 amide bonds. The highest BCUT2D eigenvalue weighted by Gasteiger charge is 2.58. The summed E-state index contributed by atoms with van der Waals surface area (Å²) < 4.78 is 2.31. The van der Waals surface area contributed by atoms with Crippen molar-refractivity contribution in [1.82, 2.24) is 9.88 Å².